The van der Waals surface area contributed by atoms with Crippen LogP contribution in [0.2, 0.25) is 0 Å². The van der Waals surface area contributed by atoms with Crippen LogP contribution in [-0.4, -0.2) is 66.7 Å². The lowest BCUT2D eigenvalue weighted by Gasteiger charge is -2.36. The van der Waals surface area contributed by atoms with Gasteiger partial charge in [-0.2, -0.15) is 0 Å². The van der Waals surface area contributed by atoms with E-state index in [4.69, 9.17) is 4.74 Å². The number of rotatable bonds is 5. The van der Waals surface area contributed by atoms with E-state index in [2.05, 4.69) is 56.1 Å². The van der Waals surface area contributed by atoms with Gasteiger partial charge < -0.3 is 19.9 Å². The summed E-state index contributed by atoms with van der Waals surface area (Å²) >= 11 is 0. The van der Waals surface area contributed by atoms with E-state index in [0.29, 0.717) is 6.54 Å². The largest absolute Gasteiger partial charge is 0.489 e. The Morgan fingerprint density at radius 1 is 1.14 bits per heavy atom. The van der Waals surface area contributed by atoms with Crippen molar-refractivity contribution in [3.63, 3.8) is 0 Å². The standard InChI is InChI=1S/C20H28N6O.HI/c1-16-5-7-18(8-6-16)27-17(2)15-24-19(21-3)25-11-13-26(14-12-25)20-22-9-4-10-23-20;/h4-10,17H,11-15H2,1-3H3,(H,21,24);1H. The van der Waals surface area contributed by atoms with E-state index in [9.17, 15) is 0 Å². The van der Waals surface area contributed by atoms with Crippen molar-refractivity contribution in [2.75, 3.05) is 44.7 Å². The lowest BCUT2D eigenvalue weighted by molar-refractivity contribution is 0.221. The molecule has 1 saturated heterocycles. The van der Waals surface area contributed by atoms with Crippen LogP contribution in [0.4, 0.5) is 5.95 Å². The lowest BCUT2D eigenvalue weighted by atomic mass is 10.2. The summed E-state index contributed by atoms with van der Waals surface area (Å²) in [7, 11) is 1.82. The van der Waals surface area contributed by atoms with Gasteiger partial charge in [0.05, 0.1) is 6.54 Å². The van der Waals surface area contributed by atoms with Crippen LogP contribution in [0.3, 0.4) is 0 Å². The number of nitrogens with zero attached hydrogens (tertiary/aromatic N) is 5. The molecule has 1 aromatic carbocycles. The number of piperazine rings is 1. The molecule has 28 heavy (non-hydrogen) atoms. The number of ether oxygens (including phenoxy) is 1. The van der Waals surface area contributed by atoms with Crippen LogP contribution in [0.15, 0.2) is 47.7 Å². The maximum atomic E-state index is 5.97. The molecule has 0 bridgehead atoms. The molecule has 1 fully saturated rings. The van der Waals surface area contributed by atoms with E-state index in [1.807, 2.05) is 25.2 Å². The normalized spacial score (nSPS) is 15.6. The number of aromatic nitrogens is 2. The summed E-state index contributed by atoms with van der Waals surface area (Å²) in [5, 5.41) is 3.43. The minimum atomic E-state index is 0. The van der Waals surface area contributed by atoms with Crippen molar-refractivity contribution in [3.8, 4) is 5.75 Å². The second-order valence-corrected chi connectivity index (χ2v) is 6.69. The zero-order valence-corrected chi connectivity index (χ0v) is 19.0. The summed E-state index contributed by atoms with van der Waals surface area (Å²) in [5.74, 6) is 2.59. The molecule has 1 aliphatic rings. The summed E-state index contributed by atoms with van der Waals surface area (Å²) in [6.45, 7) is 8.34. The molecule has 1 atom stereocenters. The third kappa shape index (κ3) is 6.22. The molecule has 1 aliphatic heterocycles. The van der Waals surface area contributed by atoms with Crippen molar-refractivity contribution < 1.29 is 4.74 Å². The molecule has 0 amide bonds. The van der Waals surface area contributed by atoms with E-state index >= 15 is 0 Å². The Morgan fingerprint density at radius 2 is 1.79 bits per heavy atom. The van der Waals surface area contributed by atoms with E-state index in [1.54, 1.807) is 12.4 Å². The minimum absolute atomic E-state index is 0. The summed E-state index contributed by atoms with van der Waals surface area (Å²) in [5.41, 5.74) is 1.23. The average molecular weight is 496 g/mol. The maximum Gasteiger partial charge on any atom is 0.225 e. The van der Waals surface area contributed by atoms with Gasteiger partial charge in [0, 0.05) is 45.6 Å². The van der Waals surface area contributed by atoms with Gasteiger partial charge in [-0.05, 0) is 32.0 Å². The molecule has 1 unspecified atom stereocenters. The van der Waals surface area contributed by atoms with Gasteiger partial charge in [-0.3, -0.25) is 4.99 Å². The number of benzene rings is 1. The predicted molar refractivity (Wildman–Crippen MR) is 124 cm³/mol. The zero-order valence-electron chi connectivity index (χ0n) is 16.7. The average Bonchev–Trinajstić information content (AvgIpc) is 2.71. The van der Waals surface area contributed by atoms with Crippen LogP contribution in [0.5, 0.6) is 5.75 Å². The van der Waals surface area contributed by atoms with Crippen molar-refractivity contribution >= 4 is 35.9 Å². The zero-order chi connectivity index (χ0) is 19.1. The Morgan fingerprint density at radius 3 is 2.39 bits per heavy atom. The van der Waals surface area contributed by atoms with E-state index in [1.165, 1.54) is 5.56 Å². The number of hydrogen-bond donors (Lipinski definition) is 1. The molecule has 2 aromatic rings. The summed E-state index contributed by atoms with van der Waals surface area (Å²) in [6, 6.07) is 9.97. The molecule has 152 valence electrons. The molecule has 0 spiro atoms. The first-order valence-corrected chi connectivity index (χ1v) is 9.36. The Labute approximate surface area is 184 Å². The number of aryl methyl sites for hydroxylation is 1. The van der Waals surface area contributed by atoms with Gasteiger partial charge in [-0.1, -0.05) is 17.7 Å². The van der Waals surface area contributed by atoms with E-state index < -0.39 is 0 Å². The second-order valence-electron chi connectivity index (χ2n) is 6.69. The first-order chi connectivity index (χ1) is 13.2. The fourth-order valence-corrected chi connectivity index (χ4v) is 3.03. The highest BCUT2D eigenvalue weighted by Crippen LogP contribution is 2.13. The van der Waals surface area contributed by atoms with Gasteiger partial charge in [0.15, 0.2) is 5.96 Å². The maximum absolute atomic E-state index is 5.97. The van der Waals surface area contributed by atoms with Crippen molar-refractivity contribution in [2.45, 2.75) is 20.0 Å². The first kappa shape index (κ1) is 22.2. The fourth-order valence-electron chi connectivity index (χ4n) is 3.03. The Kier molecular flexibility index (Phi) is 8.75. The minimum Gasteiger partial charge on any atom is -0.489 e. The predicted octanol–water partition coefficient (Wildman–Crippen LogP) is 2.57. The molecule has 1 N–H and O–H groups in total. The van der Waals surface area contributed by atoms with Gasteiger partial charge in [-0.15, -0.1) is 24.0 Å². The van der Waals surface area contributed by atoms with E-state index in [0.717, 1.165) is 43.8 Å². The lowest BCUT2D eigenvalue weighted by Crippen LogP contribution is -2.53. The Bertz CT molecular complexity index is 732. The van der Waals surface area contributed by atoms with Gasteiger partial charge >= 0.3 is 0 Å². The van der Waals surface area contributed by atoms with E-state index in [-0.39, 0.29) is 30.1 Å². The molecule has 2 heterocycles. The third-order valence-electron chi connectivity index (χ3n) is 4.53. The topological polar surface area (TPSA) is 65.9 Å². The molecule has 7 nitrogen and oxygen atoms in total. The van der Waals surface area contributed by atoms with Crippen molar-refractivity contribution in [1.82, 2.24) is 20.2 Å². The Balaban J connectivity index is 0.00000280. The first-order valence-electron chi connectivity index (χ1n) is 9.36. The summed E-state index contributed by atoms with van der Waals surface area (Å²) in [4.78, 5) is 17.6. The molecular formula is C20H29IN6O. The van der Waals surface area contributed by atoms with Crippen molar-refractivity contribution in [1.29, 1.82) is 0 Å². The molecular weight excluding hydrogens is 467 g/mol. The van der Waals surface area contributed by atoms with Crippen LogP contribution >= 0.6 is 24.0 Å². The van der Waals surface area contributed by atoms with Crippen LogP contribution in [-0.2, 0) is 0 Å². The SMILES string of the molecule is CN=C(NCC(C)Oc1ccc(C)cc1)N1CCN(c2ncccn2)CC1.I. The molecule has 0 saturated carbocycles. The molecule has 8 heteroatoms. The highest BCUT2D eigenvalue weighted by Gasteiger charge is 2.21. The number of aliphatic imine (C=N–C) groups is 1. The molecule has 3 rings (SSSR count). The summed E-state index contributed by atoms with van der Waals surface area (Å²) in [6.07, 6.45) is 3.61. The van der Waals surface area contributed by atoms with Crippen LogP contribution in [0.25, 0.3) is 0 Å². The third-order valence-corrected chi connectivity index (χ3v) is 4.53. The Hall–Kier alpha value is -2.10. The monoisotopic (exact) mass is 496 g/mol. The highest BCUT2D eigenvalue weighted by molar-refractivity contribution is 14.0. The van der Waals surface area contributed by atoms with Gasteiger partial charge in [0.1, 0.15) is 11.9 Å². The van der Waals surface area contributed by atoms with Crippen molar-refractivity contribution in [3.05, 3.63) is 48.3 Å². The van der Waals surface area contributed by atoms with Crippen LogP contribution in [0.1, 0.15) is 12.5 Å². The molecule has 1 aromatic heterocycles. The van der Waals surface area contributed by atoms with Gasteiger partial charge in [0.25, 0.3) is 0 Å². The van der Waals surface area contributed by atoms with Gasteiger partial charge in [-0.25, -0.2) is 9.97 Å². The summed E-state index contributed by atoms with van der Waals surface area (Å²) < 4.78 is 5.97. The molecule has 0 radical (unpaired) electrons. The smallest absolute Gasteiger partial charge is 0.225 e. The van der Waals surface area contributed by atoms with Gasteiger partial charge in [0.2, 0.25) is 5.95 Å². The number of nitrogens with one attached hydrogen (secondary N) is 1. The van der Waals surface area contributed by atoms with Crippen molar-refractivity contribution in [2.24, 2.45) is 4.99 Å². The fraction of sp³-hybridized carbons (Fsp3) is 0.450. The quantitative estimate of drug-likeness (QED) is 0.390. The van der Waals surface area contributed by atoms with Crippen LogP contribution < -0.4 is 15.0 Å². The van der Waals surface area contributed by atoms with Crippen LogP contribution in [0, 0.1) is 6.92 Å². The number of halogens is 1. The highest BCUT2D eigenvalue weighted by atomic mass is 127. The second kappa shape index (κ2) is 11.0. The number of hydrogen-bond acceptors (Lipinski definition) is 5. The number of guanidine groups is 1. The molecule has 0 aliphatic carbocycles. The number of anilines is 1.